The molecule has 4 rings (SSSR count). The lowest BCUT2D eigenvalue weighted by Gasteiger charge is -2.13. The minimum absolute atomic E-state index is 0.355. The summed E-state index contributed by atoms with van der Waals surface area (Å²) >= 11 is 2.78. The van der Waals surface area contributed by atoms with Gasteiger partial charge < -0.3 is 10.1 Å². The average Bonchev–Trinajstić information content (AvgIpc) is 3.52. The van der Waals surface area contributed by atoms with Crippen LogP contribution in [0.1, 0.15) is 32.2 Å². The van der Waals surface area contributed by atoms with Crippen LogP contribution in [-0.2, 0) is 9.53 Å². The Labute approximate surface area is 198 Å². The number of amides is 1. The average molecular weight is 477 g/mol. The molecule has 1 amide bonds. The number of para-hydroxylation sites is 1. The van der Waals surface area contributed by atoms with Crippen molar-refractivity contribution in [2.24, 2.45) is 0 Å². The van der Waals surface area contributed by atoms with Crippen molar-refractivity contribution in [3.63, 3.8) is 0 Å². The minimum Gasteiger partial charge on any atom is -0.451 e. The van der Waals surface area contributed by atoms with Crippen LogP contribution in [-0.4, -0.2) is 28.0 Å². The number of benzene rings is 1. The van der Waals surface area contributed by atoms with E-state index in [4.69, 9.17) is 4.74 Å². The lowest BCUT2D eigenvalue weighted by molar-refractivity contribution is -0.119. The Balaban J connectivity index is 1.51. The molecule has 7 nitrogen and oxygen atoms in total. The first kappa shape index (κ1) is 22.5. The number of thiophene rings is 1. The molecular formula is C24H20N4O3S2. The van der Waals surface area contributed by atoms with Gasteiger partial charge in [0.05, 0.1) is 11.3 Å². The van der Waals surface area contributed by atoms with Crippen molar-refractivity contribution in [1.29, 1.82) is 5.26 Å². The molecule has 0 saturated carbocycles. The predicted molar refractivity (Wildman–Crippen MR) is 129 cm³/mol. The second kappa shape index (κ2) is 9.40. The topological polar surface area (TPSA) is 97.0 Å². The number of carbonyl (C=O) groups is 2. The Bertz CT molecular complexity index is 1360. The third-order valence-electron chi connectivity index (χ3n) is 5.18. The zero-order valence-electron chi connectivity index (χ0n) is 18.2. The summed E-state index contributed by atoms with van der Waals surface area (Å²) in [6.45, 7) is 4.98. The Morgan fingerprint density at radius 1 is 1.18 bits per heavy atom. The third-order valence-corrected chi connectivity index (χ3v) is 7.05. The summed E-state index contributed by atoms with van der Waals surface area (Å²) in [6, 6.07) is 13.5. The van der Waals surface area contributed by atoms with Crippen LogP contribution in [0.5, 0.6) is 0 Å². The molecule has 0 unspecified atom stereocenters. The van der Waals surface area contributed by atoms with E-state index in [2.05, 4.69) is 16.4 Å². The van der Waals surface area contributed by atoms with E-state index in [9.17, 15) is 14.9 Å². The Morgan fingerprint density at radius 3 is 2.61 bits per heavy atom. The van der Waals surface area contributed by atoms with Crippen LogP contribution in [0.2, 0.25) is 0 Å². The predicted octanol–water partition coefficient (Wildman–Crippen LogP) is 5.25. The van der Waals surface area contributed by atoms with Crippen LogP contribution in [0.4, 0.5) is 5.82 Å². The number of nitriles is 1. The third kappa shape index (κ3) is 4.44. The molecular weight excluding hydrogens is 456 g/mol. The molecule has 33 heavy (non-hydrogen) atoms. The Morgan fingerprint density at radius 2 is 1.94 bits per heavy atom. The number of ether oxygens (including phenoxy) is 1. The highest BCUT2D eigenvalue weighted by Gasteiger charge is 2.22. The standard InChI is InChI=1S/C24H20N4O3S2/c1-14-16(3)28(18-7-5-4-6-8-18)22(19(14)11-25)27-20(29)12-31-24(30)21-15(2)26-23(33-21)17-9-10-32-13-17/h4-10,13H,12H2,1-3H3,(H,27,29). The van der Waals surface area contributed by atoms with Gasteiger partial charge in [-0.05, 0) is 49.9 Å². The normalized spacial score (nSPS) is 10.6. The van der Waals surface area contributed by atoms with Crippen LogP contribution < -0.4 is 5.32 Å². The molecule has 0 radical (unpaired) electrons. The number of esters is 1. The van der Waals surface area contributed by atoms with E-state index in [1.54, 1.807) is 18.3 Å². The molecule has 166 valence electrons. The number of aryl methyl sites for hydroxylation is 1. The maximum absolute atomic E-state index is 12.7. The number of rotatable bonds is 6. The number of thiazole rings is 1. The number of aromatic nitrogens is 2. The van der Waals surface area contributed by atoms with Gasteiger partial charge >= 0.3 is 5.97 Å². The molecule has 0 aliphatic rings. The summed E-state index contributed by atoms with van der Waals surface area (Å²) in [7, 11) is 0. The molecule has 0 bridgehead atoms. The molecule has 0 fully saturated rings. The largest absolute Gasteiger partial charge is 0.451 e. The molecule has 0 aliphatic heterocycles. The minimum atomic E-state index is -0.604. The lowest BCUT2D eigenvalue weighted by Crippen LogP contribution is -2.22. The molecule has 3 heterocycles. The number of hydrogen-bond acceptors (Lipinski definition) is 7. The highest BCUT2D eigenvalue weighted by atomic mass is 32.1. The molecule has 0 saturated heterocycles. The van der Waals surface area contributed by atoms with Gasteiger partial charge in [0, 0.05) is 22.3 Å². The number of nitrogens with zero attached hydrogens (tertiary/aromatic N) is 3. The molecule has 9 heteroatoms. The van der Waals surface area contributed by atoms with Crippen molar-refractivity contribution in [1.82, 2.24) is 9.55 Å². The molecule has 1 aromatic carbocycles. The van der Waals surface area contributed by atoms with Gasteiger partial charge in [-0.15, -0.1) is 11.3 Å². The Hall–Kier alpha value is -3.74. The number of hydrogen-bond donors (Lipinski definition) is 1. The number of carbonyl (C=O) groups excluding carboxylic acids is 2. The van der Waals surface area contributed by atoms with Gasteiger partial charge in [-0.3, -0.25) is 9.36 Å². The van der Waals surface area contributed by atoms with Crippen molar-refractivity contribution in [3.05, 3.63) is 74.6 Å². The zero-order chi connectivity index (χ0) is 23.5. The van der Waals surface area contributed by atoms with E-state index in [0.717, 1.165) is 27.5 Å². The molecule has 0 aliphatic carbocycles. The van der Waals surface area contributed by atoms with Gasteiger partial charge in [0.1, 0.15) is 21.8 Å². The van der Waals surface area contributed by atoms with Crippen molar-refractivity contribution in [3.8, 4) is 22.3 Å². The SMILES string of the molecule is Cc1nc(-c2ccsc2)sc1C(=O)OCC(=O)Nc1c(C#N)c(C)c(C)n1-c1ccccc1. The van der Waals surface area contributed by atoms with E-state index in [1.807, 2.05) is 65.6 Å². The van der Waals surface area contributed by atoms with Crippen molar-refractivity contribution in [2.75, 3.05) is 11.9 Å². The fourth-order valence-electron chi connectivity index (χ4n) is 3.42. The summed E-state index contributed by atoms with van der Waals surface area (Å²) in [5.41, 5.74) is 4.30. The molecule has 3 aromatic heterocycles. The summed E-state index contributed by atoms with van der Waals surface area (Å²) in [5.74, 6) is -0.781. The van der Waals surface area contributed by atoms with Crippen LogP contribution in [0.25, 0.3) is 16.3 Å². The van der Waals surface area contributed by atoms with E-state index >= 15 is 0 Å². The van der Waals surface area contributed by atoms with Crippen LogP contribution >= 0.6 is 22.7 Å². The molecule has 4 aromatic rings. The summed E-state index contributed by atoms with van der Waals surface area (Å²) in [4.78, 5) is 30.1. The van der Waals surface area contributed by atoms with Crippen molar-refractivity contribution >= 4 is 40.4 Å². The Kier molecular flexibility index (Phi) is 6.40. The maximum atomic E-state index is 12.7. The maximum Gasteiger partial charge on any atom is 0.350 e. The van der Waals surface area contributed by atoms with E-state index in [0.29, 0.717) is 22.0 Å². The van der Waals surface area contributed by atoms with Gasteiger partial charge in [0.25, 0.3) is 5.91 Å². The van der Waals surface area contributed by atoms with E-state index in [-0.39, 0.29) is 0 Å². The first-order valence-corrected chi connectivity index (χ1v) is 11.8. The van der Waals surface area contributed by atoms with Gasteiger partial charge in [-0.1, -0.05) is 18.2 Å². The quantitative estimate of drug-likeness (QED) is 0.383. The molecule has 0 atom stereocenters. The van der Waals surface area contributed by atoms with Gasteiger partial charge in [-0.2, -0.15) is 16.6 Å². The zero-order valence-corrected chi connectivity index (χ0v) is 19.8. The monoisotopic (exact) mass is 476 g/mol. The van der Waals surface area contributed by atoms with Gasteiger partial charge in [0.2, 0.25) is 0 Å². The van der Waals surface area contributed by atoms with Crippen molar-refractivity contribution in [2.45, 2.75) is 20.8 Å². The fraction of sp³-hybridized carbons (Fsp3) is 0.167. The smallest absolute Gasteiger partial charge is 0.350 e. The summed E-state index contributed by atoms with van der Waals surface area (Å²) < 4.78 is 7.07. The highest BCUT2D eigenvalue weighted by molar-refractivity contribution is 7.17. The van der Waals surface area contributed by atoms with Crippen LogP contribution in [0.15, 0.2) is 47.2 Å². The first-order valence-electron chi connectivity index (χ1n) is 10.0. The van der Waals surface area contributed by atoms with Gasteiger partial charge in [0.15, 0.2) is 6.61 Å². The van der Waals surface area contributed by atoms with E-state index < -0.39 is 18.5 Å². The van der Waals surface area contributed by atoms with Crippen LogP contribution in [0.3, 0.4) is 0 Å². The second-order valence-corrected chi connectivity index (χ2v) is 9.07. The van der Waals surface area contributed by atoms with E-state index in [1.165, 1.54) is 11.3 Å². The number of anilines is 1. The first-order chi connectivity index (χ1) is 15.9. The number of nitrogens with one attached hydrogen (secondary N) is 1. The fourth-order valence-corrected chi connectivity index (χ4v) is 5.09. The highest BCUT2D eigenvalue weighted by Crippen LogP contribution is 2.31. The molecule has 0 spiro atoms. The summed E-state index contributed by atoms with van der Waals surface area (Å²) in [6.07, 6.45) is 0. The summed E-state index contributed by atoms with van der Waals surface area (Å²) in [5, 5.41) is 17.1. The van der Waals surface area contributed by atoms with Crippen molar-refractivity contribution < 1.29 is 14.3 Å². The second-order valence-electron chi connectivity index (χ2n) is 7.29. The lowest BCUT2D eigenvalue weighted by atomic mass is 10.2. The molecule has 1 N–H and O–H groups in total. The van der Waals surface area contributed by atoms with Crippen LogP contribution in [0, 0.1) is 32.1 Å². The van der Waals surface area contributed by atoms with Gasteiger partial charge in [-0.25, -0.2) is 9.78 Å².